The largest absolute Gasteiger partial charge is 0.322 e. The molecule has 0 radical (unpaired) electrons. The van der Waals surface area contributed by atoms with Gasteiger partial charge in [0.05, 0.1) is 0 Å². The molecule has 1 aromatic carbocycles. The first-order chi connectivity index (χ1) is 8.65. The lowest BCUT2D eigenvalue weighted by Gasteiger charge is -2.05. The average molecular weight is 239 g/mol. The second-order valence-corrected chi connectivity index (χ2v) is 4.56. The van der Waals surface area contributed by atoms with Gasteiger partial charge < -0.3 is 5.32 Å². The second kappa shape index (κ2) is 5.50. The summed E-state index contributed by atoms with van der Waals surface area (Å²) in [5.74, 6) is -0.0705. The fourth-order valence-electron chi connectivity index (χ4n) is 1.72. The van der Waals surface area contributed by atoms with Crippen molar-refractivity contribution < 1.29 is 4.79 Å². The van der Waals surface area contributed by atoms with E-state index < -0.39 is 0 Å². The summed E-state index contributed by atoms with van der Waals surface area (Å²) in [6.07, 6.45) is 8.90. The monoisotopic (exact) mass is 239 g/mol. The third kappa shape index (κ3) is 3.20. The van der Waals surface area contributed by atoms with Gasteiger partial charge in [-0.05, 0) is 44.6 Å². The van der Waals surface area contributed by atoms with Crippen LogP contribution in [0.3, 0.4) is 0 Å². The first-order valence-corrected chi connectivity index (χ1v) is 6.07. The molecule has 1 aliphatic rings. The van der Waals surface area contributed by atoms with E-state index in [0.29, 0.717) is 5.56 Å². The standard InChI is InChI=1S/C16H17NO/c1-12-4-3-5-15(11-8-12)17-16(18)14-9-6-13(2)7-10-14/h3,5-11H,4H2,1-2H3,(H,17,18). The Morgan fingerprint density at radius 1 is 1.11 bits per heavy atom. The van der Waals surface area contributed by atoms with Gasteiger partial charge in [0.1, 0.15) is 0 Å². The number of aryl methyl sites for hydroxylation is 1. The lowest BCUT2D eigenvalue weighted by molar-refractivity contribution is 0.0967. The lowest BCUT2D eigenvalue weighted by Crippen LogP contribution is -2.21. The molecule has 2 rings (SSSR count). The SMILES string of the molecule is CC1=CC=C(NC(=O)c2ccc(C)cc2)C=CC1. The molecular formula is C16H17NO. The van der Waals surface area contributed by atoms with Crippen molar-refractivity contribution in [3.63, 3.8) is 0 Å². The van der Waals surface area contributed by atoms with E-state index in [4.69, 9.17) is 0 Å². The molecule has 0 saturated heterocycles. The molecule has 2 heteroatoms. The molecule has 1 aromatic rings. The van der Waals surface area contributed by atoms with Gasteiger partial charge in [0.2, 0.25) is 0 Å². The van der Waals surface area contributed by atoms with Crippen molar-refractivity contribution in [1.82, 2.24) is 5.32 Å². The maximum absolute atomic E-state index is 12.0. The molecule has 0 heterocycles. The normalized spacial score (nSPS) is 14.6. The number of rotatable bonds is 2. The average Bonchev–Trinajstić information content (AvgIpc) is 2.55. The first kappa shape index (κ1) is 12.4. The van der Waals surface area contributed by atoms with Crippen LogP contribution < -0.4 is 5.32 Å². The highest BCUT2D eigenvalue weighted by Gasteiger charge is 2.06. The van der Waals surface area contributed by atoms with Crippen molar-refractivity contribution in [2.24, 2.45) is 0 Å². The summed E-state index contributed by atoms with van der Waals surface area (Å²) in [6.45, 7) is 4.08. The van der Waals surface area contributed by atoms with Crippen LogP contribution in [0.25, 0.3) is 0 Å². The molecule has 1 aliphatic carbocycles. The number of amides is 1. The van der Waals surface area contributed by atoms with Crippen molar-refractivity contribution in [3.8, 4) is 0 Å². The fraction of sp³-hybridized carbons (Fsp3) is 0.188. The van der Waals surface area contributed by atoms with Gasteiger partial charge in [0.25, 0.3) is 5.91 Å². The first-order valence-electron chi connectivity index (χ1n) is 6.07. The molecule has 0 aliphatic heterocycles. The van der Waals surface area contributed by atoms with Crippen LogP contribution in [0.2, 0.25) is 0 Å². The summed E-state index contributed by atoms with van der Waals surface area (Å²) < 4.78 is 0. The van der Waals surface area contributed by atoms with Crippen molar-refractivity contribution in [2.75, 3.05) is 0 Å². The zero-order valence-electron chi connectivity index (χ0n) is 10.7. The number of carbonyl (C=O) groups is 1. The molecular weight excluding hydrogens is 222 g/mol. The third-order valence-corrected chi connectivity index (χ3v) is 2.86. The summed E-state index contributed by atoms with van der Waals surface area (Å²) in [7, 11) is 0. The van der Waals surface area contributed by atoms with E-state index in [1.54, 1.807) is 0 Å². The predicted octanol–water partition coefficient (Wildman–Crippen LogP) is 3.51. The van der Waals surface area contributed by atoms with Gasteiger partial charge >= 0.3 is 0 Å². The molecule has 0 atom stereocenters. The number of nitrogens with one attached hydrogen (secondary N) is 1. The summed E-state index contributed by atoms with van der Waals surface area (Å²) in [6, 6.07) is 7.56. The zero-order valence-corrected chi connectivity index (χ0v) is 10.7. The van der Waals surface area contributed by atoms with E-state index in [1.165, 1.54) is 5.57 Å². The second-order valence-electron chi connectivity index (χ2n) is 4.56. The molecule has 0 saturated carbocycles. The van der Waals surface area contributed by atoms with Crippen LogP contribution in [-0.2, 0) is 0 Å². The van der Waals surface area contributed by atoms with Crippen molar-refractivity contribution in [1.29, 1.82) is 0 Å². The van der Waals surface area contributed by atoms with Crippen molar-refractivity contribution >= 4 is 5.91 Å². The highest BCUT2D eigenvalue weighted by Crippen LogP contribution is 2.10. The van der Waals surface area contributed by atoms with Gasteiger partial charge in [-0.15, -0.1) is 0 Å². The van der Waals surface area contributed by atoms with Crippen LogP contribution in [0.5, 0.6) is 0 Å². The fourth-order valence-corrected chi connectivity index (χ4v) is 1.72. The molecule has 2 nitrogen and oxygen atoms in total. The van der Waals surface area contributed by atoms with E-state index in [1.807, 2.05) is 49.4 Å². The van der Waals surface area contributed by atoms with Gasteiger partial charge in [-0.1, -0.05) is 35.4 Å². The lowest BCUT2D eigenvalue weighted by atomic mass is 10.1. The topological polar surface area (TPSA) is 29.1 Å². The van der Waals surface area contributed by atoms with Crippen LogP contribution >= 0.6 is 0 Å². The summed E-state index contributed by atoms with van der Waals surface area (Å²) >= 11 is 0. The quantitative estimate of drug-likeness (QED) is 0.840. The summed E-state index contributed by atoms with van der Waals surface area (Å²) in [4.78, 5) is 12.0. The maximum atomic E-state index is 12.0. The van der Waals surface area contributed by atoms with E-state index in [0.717, 1.165) is 17.7 Å². The molecule has 0 unspecified atom stereocenters. The molecule has 0 aromatic heterocycles. The molecule has 1 amide bonds. The minimum Gasteiger partial charge on any atom is -0.322 e. The maximum Gasteiger partial charge on any atom is 0.255 e. The predicted molar refractivity (Wildman–Crippen MR) is 74.2 cm³/mol. The number of hydrogen-bond acceptors (Lipinski definition) is 1. The van der Waals surface area contributed by atoms with E-state index in [2.05, 4.69) is 18.3 Å². The zero-order chi connectivity index (χ0) is 13.0. The van der Waals surface area contributed by atoms with Crippen LogP contribution in [0.1, 0.15) is 29.3 Å². The van der Waals surface area contributed by atoms with Gasteiger partial charge in [-0.3, -0.25) is 4.79 Å². The number of carbonyl (C=O) groups excluding carboxylic acids is 1. The van der Waals surface area contributed by atoms with Gasteiger partial charge in [-0.2, -0.15) is 0 Å². The smallest absolute Gasteiger partial charge is 0.255 e. The van der Waals surface area contributed by atoms with Crippen LogP contribution in [0.4, 0.5) is 0 Å². The van der Waals surface area contributed by atoms with Crippen LogP contribution in [0, 0.1) is 6.92 Å². The van der Waals surface area contributed by atoms with Crippen molar-refractivity contribution in [3.05, 3.63) is 71.0 Å². The van der Waals surface area contributed by atoms with E-state index >= 15 is 0 Å². The van der Waals surface area contributed by atoms with Crippen LogP contribution in [-0.4, -0.2) is 5.91 Å². The molecule has 1 N–H and O–H groups in total. The minimum atomic E-state index is -0.0705. The molecule has 0 fully saturated rings. The number of benzene rings is 1. The Bertz CT molecular complexity index is 533. The van der Waals surface area contributed by atoms with E-state index in [9.17, 15) is 4.79 Å². The third-order valence-electron chi connectivity index (χ3n) is 2.86. The minimum absolute atomic E-state index is 0.0705. The Morgan fingerprint density at radius 3 is 2.56 bits per heavy atom. The Labute approximate surface area is 108 Å². The Morgan fingerprint density at radius 2 is 1.83 bits per heavy atom. The number of hydrogen-bond donors (Lipinski definition) is 1. The Kier molecular flexibility index (Phi) is 3.78. The molecule has 92 valence electrons. The Hall–Kier alpha value is -2.09. The summed E-state index contributed by atoms with van der Waals surface area (Å²) in [5.41, 5.74) is 3.95. The summed E-state index contributed by atoms with van der Waals surface area (Å²) in [5, 5.41) is 2.91. The van der Waals surface area contributed by atoms with Gasteiger partial charge in [0.15, 0.2) is 0 Å². The van der Waals surface area contributed by atoms with Gasteiger partial charge in [-0.25, -0.2) is 0 Å². The van der Waals surface area contributed by atoms with E-state index in [-0.39, 0.29) is 5.91 Å². The van der Waals surface area contributed by atoms with Crippen LogP contribution in [0.15, 0.2) is 59.8 Å². The Balaban J connectivity index is 2.10. The molecule has 0 spiro atoms. The number of allylic oxidation sites excluding steroid dienone is 5. The molecule has 0 bridgehead atoms. The van der Waals surface area contributed by atoms with Crippen molar-refractivity contribution in [2.45, 2.75) is 20.3 Å². The highest BCUT2D eigenvalue weighted by molar-refractivity contribution is 5.95. The molecule has 18 heavy (non-hydrogen) atoms. The van der Waals surface area contributed by atoms with Gasteiger partial charge in [0, 0.05) is 11.3 Å². The highest BCUT2D eigenvalue weighted by atomic mass is 16.1.